The molecule has 4 nitrogen and oxygen atoms in total. The first kappa shape index (κ1) is 43.6. The van der Waals surface area contributed by atoms with Crippen molar-refractivity contribution < 1.29 is 14.3 Å². The second-order valence-electron chi connectivity index (χ2n) is 19.2. The van der Waals surface area contributed by atoms with Gasteiger partial charge in [-0.2, -0.15) is 0 Å². The normalized spacial score (nSPS) is 31.2. The fourth-order valence-electron chi connectivity index (χ4n) is 11.8. The van der Waals surface area contributed by atoms with Crippen LogP contribution < -0.4 is 5.73 Å². The predicted molar refractivity (Wildman–Crippen MR) is 221 cm³/mol. The van der Waals surface area contributed by atoms with Crippen LogP contribution in [0.5, 0.6) is 0 Å². The van der Waals surface area contributed by atoms with Gasteiger partial charge in [0.1, 0.15) is 6.10 Å². The van der Waals surface area contributed by atoms with E-state index in [1.807, 2.05) is 0 Å². The van der Waals surface area contributed by atoms with Crippen molar-refractivity contribution in [2.45, 2.75) is 214 Å². The predicted octanol–water partition coefficient (Wildman–Crippen LogP) is 13.3. The summed E-state index contributed by atoms with van der Waals surface area (Å²) in [6.07, 6.45) is 38.7. The molecule has 4 aliphatic carbocycles. The molecule has 52 heavy (non-hydrogen) atoms. The number of rotatable bonds is 25. The van der Waals surface area contributed by atoms with E-state index in [4.69, 9.17) is 15.2 Å². The summed E-state index contributed by atoms with van der Waals surface area (Å²) in [4.78, 5) is 12.6. The van der Waals surface area contributed by atoms with Gasteiger partial charge in [0.05, 0.1) is 12.7 Å². The Morgan fingerprint density at radius 2 is 1.54 bits per heavy atom. The van der Waals surface area contributed by atoms with Crippen LogP contribution in [0.2, 0.25) is 0 Å². The van der Waals surface area contributed by atoms with Crippen LogP contribution in [-0.4, -0.2) is 31.3 Å². The Balaban J connectivity index is 1.11. The molecule has 0 heterocycles. The molecule has 0 aromatic carbocycles. The van der Waals surface area contributed by atoms with Crippen molar-refractivity contribution in [3.05, 3.63) is 23.8 Å². The van der Waals surface area contributed by atoms with Crippen LogP contribution in [0, 0.1) is 46.3 Å². The van der Waals surface area contributed by atoms with Gasteiger partial charge in [0.25, 0.3) is 0 Å². The van der Waals surface area contributed by atoms with Gasteiger partial charge in [-0.3, -0.25) is 4.79 Å². The first-order valence-electron chi connectivity index (χ1n) is 23.0. The number of unbranched alkanes of at least 4 members (excludes halogenated alkanes) is 11. The van der Waals surface area contributed by atoms with Crippen LogP contribution in [0.4, 0.5) is 0 Å². The van der Waals surface area contributed by atoms with Gasteiger partial charge in [0.2, 0.25) is 0 Å². The van der Waals surface area contributed by atoms with Crippen LogP contribution in [0.25, 0.3) is 0 Å². The lowest BCUT2D eigenvalue weighted by molar-refractivity contribution is -0.153. The molecule has 0 aliphatic heterocycles. The SMILES string of the molecule is CCCCCCCC/C=C\CCCCCCCC(=O)OC(CN)COC1CC[C@@]2(C)C(=CCC3C2CC[C@@]2(C)C3CC[C@@H]2[C@H](C)CCCC(C)C)C1. The molecule has 2 N–H and O–H groups in total. The van der Waals surface area contributed by atoms with Gasteiger partial charge < -0.3 is 15.2 Å². The molecule has 4 rings (SSSR count). The fourth-order valence-corrected chi connectivity index (χ4v) is 11.8. The zero-order chi connectivity index (χ0) is 37.4. The maximum atomic E-state index is 12.6. The maximum absolute atomic E-state index is 12.6. The topological polar surface area (TPSA) is 61.5 Å². The van der Waals surface area contributed by atoms with E-state index in [1.54, 1.807) is 5.57 Å². The van der Waals surface area contributed by atoms with Crippen LogP contribution in [0.3, 0.4) is 0 Å². The maximum Gasteiger partial charge on any atom is 0.306 e. The van der Waals surface area contributed by atoms with E-state index >= 15 is 0 Å². The smallest absolute Gasteiger partial charge is 0.306 e. The average molecular weight is 724 g/mol. The highest BCUT2D eigenvalue weighted by atomic mass is 16.6. The first-order valence-corrected chi connectivity index (χ1v) is 23.0. The van der Waals surface area contributed by atoms with Crippen molar-refractivity contribution >= 4 is 5.97 Å². The van der Waals surface area contributed by atoms with E-state index in [-0.39, 0.29) is 18.2 Å². The van der Waals surface area contributed by atoms with Crippen LogP contribution >= 0.6 is 0 Å². The number of hydrogen-bond acceptors (Lipinski definition) is 4. The lowest BCUT2D eigenvalue weighted by Gasteiger charge is -2.58. The molecule has 300 valence electrons. The summed E-state index contributed by atoms with van der Waals surface area (Å²) in [5.41, 5.74) is 8.60. The molecule has 4 aliphatic rings. The van der Waals surface area contributed by atoms with Gasteiger partial charge in [0.15, 0.2) is 0 Å². The summed E-state index contributed by atoms with van der Waals surface area (Å²) in [6.45, 7) is 15.7. The summed E-state index contributed by atoms with van der Waals surface area (Å²) in [5, 5.41) is 0. The molecule has 5 unspecified atom stereocenters. The average Bonchev–Trinajstić information content (AvgIpc) is 3.48. The Morgan fingerprint density at radius 3 is 2.23 bits per heavy atom. The van der Waals surface area contributed by atoms with Gasteiger partial charge >= 0.3 is 5.97 Å². The van der Waals surface area contributed by atoms with Crippen molar-refractivity contribution in [2.75, 3.05) is 13.2 Å². The molecular weight excluding hydrogens is 639 g/mol. The van der Waals surface area contributed by atoms with Gasteiger partial charge in [-0.25, -0.2) is 0 Å². The van der Waals surface area contributed by atoms with Crippen molar-refractivity contribution in [2.24, 2.45) is 52.1 Å². The minimum Gasteiger partial charge on any atom is -0.459 e. The van der Waals surface area contributed by atoms with E-state index in [2.05, 4.69) is 59.8 Å². The van der Waals surface area contributed by atoms with Crippen LogP contribution in [0.1, 0.15) is 202 Å². The Morgan fingerprint density at radius 1 is 0.846 bits per heavy atom. The van der Waals surface area contributed by atoms with Crippen LogP contribution in [0.15, 0.2) is 23.8 Å². The number of ether oxygens (including phenoxy) is 2. The standard InChI is InChI=1S/C48H85NO3/c1-7-8-9-10-11-12-13-14-15-16-17-18-19-20-21-25-46(50)52-41(35-49)36-51-40-30-32-47(5)39(34-40)26-27-42-44-29-28-43(38(4)24-22-23-37(2)3)48(44,6)33-31-45(42)47/h14-15,26,37-38,40-45H,7-13,16-25,27-36,49H2,1-6H3/b15-14-/t38-,40?,41?,42?,43-,44?,45?,47+,48-/m1/s1. The molecule has 0 spiro atoms. The number of carbonyl (C=O) groups is 1. The first-order chi connectivity index (χ1) is 25.1. The number of carbonyl (C=O) groups excluding carboxylic acids is 1. The number of hydrogen-bond donors (Lipinski definition) is 1. The third kappa shape index (κ3) is 12.4. The summed E-state index contributed by atoms with van der Waals surface area (Å²) >= 11 is 0. The molecule has 4 heteroatoms. The minimum atomic E-state index is -0.340. The van der Waals surface area contributed by atoms with Crippen molar-refractivity contribution in [1.82, 2.24) is 0 Å². The van der Waals surface area contributed by atoms with E-state index in [0.717, 1.165) is 61.2 Å². The summed E-state index contributed by atoms with van der Waals surface area (Å²) in [5.74, 6) is 5.09. The lowest BCUT2D eigenvalue weighted by Crippen LogP contribution is -2.51. The zero-order valence-corrected chi connectivity index (χ0v) is 35.2. The van der Waals surface area contributed by atoms with Crippen molar-refractivity contribution in [1.29, 1.82) is 0 Å². The molecular formula is C48H85NO3. The number of nitrogens with two attached hydrogens (primary N) is 1. The molecule has 3 saturated carbocycles. The van der Waals surface area contributed by atoms with Gasteiger partial charge in [-0.05, 0) is 130 Å². The molecule has 0 radical (unpaired) electrons. The molecule has 9 atom stereocenters. The molecule has 0 bridgehead atoms. The summed E-state index contributed by atoms with van der Waals surface area (Å²) in [7, 11) is 0. The van der Waals surface area contributed by atoms with Crippen molar-refractivity contribution in [3.63, 3.8) is 0 Å². The molecule has 0 amide bonds. The third-order valence-electron chi connectivity index (χ3n) is 15.0. The second kappa shape index (κ2) is 22.4. The summed E-state index contributed by atoms with van der Waals surface area (Å²) < 4.78 is 12.3. The highest BCUT2D eigenvalue weighted by molar-refractivity contribution is 5.69. The van der Waals surface area contributed by atoms with Gasteiger partial charge in [-0.15, -0.1) is 0 Å². The third-order valence-corrected chi connectivity index (χ3v) is 15.0. The number of allylic oxidation sites excluding steroid dienone is 3. The zero-order valence-electron chi connectivity index (χ0n) is 35.2. The molecule has 0 aromatic rings. The van der Waals surface area contributed by atoms with Gasteiger partial charge in [-0.1, -0.05) is 136 Å². The van der Waals surface area contributed by atoms with Crippen LogP contribution in [-0.2, 0) is 14.3 Å². The minimum absolute atomic E-state index is 0.114. The number of fused-ring (bicyclic) bond motifs is 5. The largest absolute Gasteiger partial charge is 0.459 e. The Labute approximate surface area is 322 Å². The monoisotopic (exact) mass is 724 g/mol. The highest BCUT2D eigenvalue weighted by Crippen LogP contribution is 2.67. The van der Waals surface area contributed by atoms with E-state index in [0.29, 0.717) is 30.4 Å². The fraction of sp³-hybridized carbons (Fsp3) is 0.896. The number of esters is 1. The lowest BCUT2D eigenvalue weighted by atomic mass is 9.47. The van der Waals surface area contributed by atoms with E-state index in [1.165, 1.54) is 128 Å². The molecule has 0 saturated heterocycles. The Bertz CT molecular complexity index is 1080. The van der Waals surface area contributed by atoms with Gasteiger partial charge in [0, 0.05) is 13.0 Å². The molecule has 0 aromatic heterocycles. The second-order valence-corrected chi connectivity index (χ2v) is 19.2. The van der Waals surface area contributed by atoms with E-state index < -0.39 is 0 Å². The Hall–Kier alpha value is -1.13. The highest BCUT2D eigenvalue weighted by Gasteiger charge is 2.59. The van der Waals surface area contributed by atoms with Crippen molar-refractivity contribution in [3.8, 4) is 0 Å². The quantitative estimate of drug-likeness (QED) is 0.0579. The summed E-state index contributed by atoms with van der Waals surface area (Å²) in [6, 6.07) is 0. The Kier molecular flexibility index (Phi) is 18.8. The molecule has 3 fully saturated rings. The van der Waals surface area contributed by atoms with E-state index in [9.17, 15) is 4.79 Å².